The van der Waals surface area contributed by atoms with Gasteiger partial charge in [0.05, 0.1) is 10.6 Å². The number of hydrogen-bond donors (Lipinski definition) is 0. The SMILES string of the molecule is O=S(=O)(CC1CCC1)c1ccc(N2CC(CN3CCC(C4(C5CCCC5)CCCc5ccccc54)CC3)C2)cc1. The second-order valence-corrected chi connectivity index (χ2v) is 16.0. The second kappa shape index (κ2) is 11.1. The quantitative estimate of drug-likeness (QED) is 0.353. The van der Waals surface area contributed by atoms with E-state index in [4.69, 9.17) is 0 Å². The fraction of sp³-hybridized carbons (Fsp3) is 0.657. The Bertz CT molecular complexity index is 1270. The molecule has 0 radical (unpaired) electrons. The van der Waals surface area contributed by atoms with Gasteiger partial charge >= 0.3 is 0 Å². The molecule has 1 atom stereocenters. The van der Waals surface area contributed by atoms with Crippen LogP contribution in [0.1, 0.15) is 81.8 Å². The van der Waals surface area contributed by atoms with Crippen molar-refractivity contribution in [1.29, 1.82) is 0 Å². The highest BCUT2D eigenvalue weighted by molar-refractivity contribution is 7.91. The molecule has 2 aromatic rings. The van der Waals surface area contributed by atoms with E-state index in [0.717, 1.165) is 43.7 Å². The van der Waals surface area contributed by atoms with Crippen molar-refractivity contribution in [2.45, 2.75) is 87.4 Å². The van der Waals surface area contributed by atoms with E-state index in [0.29, 0.717) is 22.0 Å². The molecule has 0 N–H and O–H groups in total. The summed E-state index contributed by atoms with van der Waals surface area (Å²) in [6.07, 6.45) is 15.9. The van der Waals surface area contributed by atoms with Crippen LogP contribution in [-0.2, 0) is 21.7 Å². The lowest BCUT2D eigenvalue weighted by Crippen LogP contribution is -2.54. The predicted molar refractivity (Wildman–Crippen MR) is 164 cm³/mol. The average Bonchev–Trinajstić information content (AvgIpc) is 3.48. The fourth-order valence-corrected chi connectivity index (χ4v) is 11.0. The van der Waals surface area contributed by atoms with E-state index in [1.807, 2.05) is 24.3 Å². The number of benzene rings is 2. The van der Waals surface area contributed by atoms with Crippen LogP contribution in [0, 0.1) is 23.7 Å². The Morgan fingerprint density at radius 1 is 0.750 bits per heavy atom. The highest BCUT2D eigenvalue weighted by atomic mass is 32.2. The van der Waals surface area contributed by atoms with Gasteiger partial charge in [-0.1, -0.05) is 43.5 Å². The van der Waals surface area contributed by atoms with Crippen molar-refractivity contribution in [1.82, 2.24) is 4.90 Å². The van der Waals surface area contributed by atoms with Gasteiger partial charge in [0.25, 0.3) is 0 Å². The number of piperidine rings is 1. The monoisotopic (exact) mass is 560 g/mol. The van der Waals surface area contributed by atoms with Crippen LogP contribution in [0.25, 0.3) is 0 Å². The summed E-state index contributed by atoms with van der Waals surface area (Å²) in [6, 6.07) is 17.2. The first-order valence-corrected chi connectivity index (χ1v) is 18.0. The molecule has 5 heteroatoms. The number of fused-ring (bicyclic) bond motifs is 1. The molecule has 2 aliphatic heterocycles. The van der Waals surface area contributed by atoms with Crippen molar-refractivity contribution < 1.29 is 8.42 Å². The van der Waals surface area contributed by atoms with Crippen molar-refractivity contribution >= 4 is 15.5 Å². The Morgan fingerprint density at radius 2 is 1.45 bits per heavy atom. The van der Waals surface area contributed by atoms with Gasteiger partial charge in [0.2, 0.25) is 0 Å². The van der Waals surface area contributed by atoms with Crippen LogP contribution in [0.5, 0.6) is 0 Å². The van der Waals surface area contributed by atoms with Crippen molar-refractivity contribution in [2.75, 3.05) is 43.4 Å². The second-order valence-electron chi connectivity index (χ2n) is 14.0. The van der Waals surface area contributed by atoms with Crippen LogP contribution in [0.2, 0.25) is 0 Å². The molecule has 40 heavy (non-hydrogen) atoms. The molecule has 3 aliphatic carbocycles. The van der Waals surface area contributed by atoms with Gasteiger partial charge in [-0.25, -0.2) is 8.42 Å². The maximum absolute atomic E-state index is 12.7. The molecule has 5 aliphatic rings. The van der Waals surface area contributed by atoms with Crippen LogP contribution in [0.4, 0.5) is 5.69 Å². The highest BCUT2D eigenvalue weighted by Gasteiger charge is 2.49. The number of aryl methyl sites for hydroxylation is 1. The molecule has 0 spiro atoms. The summed E-state index contributed by atoms with van der Waals surface area (Å²) >= 11 is 0. The van der Waals surface area contributed by atoms with Crippen LogP contribution in [-0.4, -0.2) is 51.8 Å². The van der Waals surface area contributed by atoms with Gasteiger partial charge in [-0.15, -0.1) is 0 Å². The first-order valence-electron chi connectivity index (χ1n) is 16.4. The van der Waals surface area contributed by atoms with Crippen LogP contribution in [0.3, 0.4) is 0 Å². The van der Waals surface area contributed by atoms with Gasteiger partial charge in [0.15, 0.2) is 9.84 Å². The molecule has 1 unspecified atom stereocenters. The third-order valence-corrected chi connectivity index (χ3v) is 13.6. The maximum atomic E-state index is 12.7. The lowest BCUT2D eigenvalue weighted by atomic mass is 9.54. The first-order chi connectivity index (χ1) is 19.5. The molecule has 216 valence electrons. The van der Waals surface area contributed by atoms with Crippen molar-refractivity contribution in [3.63, 3.8) is 0 Å². The minimum absolute atomic E-state index is 0.323. The third kappa shape index (κ3) is 5.04. The highest BCUT2D eigenvalue weighted by Crippen LogP contribution is 2.55. The Balaban J connectivity index is 0.937. The number of likely N-dealkylation sites (tertiary alicyclic amines) is 1. The molecular weight excluding hydrogens is 512 g/mol. The van der Waals surface area contributed by atoms with Gasteiger partial charge < -0.3 is 9.80 Å². The molecule has 4 fully saturated rings. The molecule has 4 nitrogen and oxygen atoms in total. The zero-order valence-corrected chi connectivity index (χ0v) is 25.1. The summed E-state index contributed by atoms with van der Waals surface area (Å²) in [7, 11) is -3.15. The zero-order valence-electron chi connectivity index (χ0n) is 24.3. The van der Waals surface area contributed by atoms with Crippen LogP contribution >= 0.6 is 0 Å². The van der Waals surface area contributed by atoms with E-state index < -0.39 is 9.84 Å². The van der Waals surface area contributed by atoms with Crippen molar-refractivity contribution in [2.24, 2.45) is 23.7 Å². The lowest BCUT2D eigenvalue weighted by Gasteiger charge is -2.52. The van der Waals surface area contributed by atoms with E-state index in [1.165, 1.54) is 89.5 Å². The molecule has 0 aromatic heterocycles. The summed E-state index contributed by atoms with van der Waals surface area (Å²) in [5.41, 5.74) is 5.00. The molecule has 0 bridgehead atoms. The molecular formula is C35H48N2O2S. The molecule has 7 rings (SSSR count). The topological polar surface area (TPSA) is 40.6 Å². The summed E-state index contributed by atoms with van der Waals surface area (Å²) in [5.74, 6) is 3.15. The molecule has 2 saturated carbocycles. The van der Waals surface area contributed by atoms with E-state index in [2.05, 4.69) is 34.1 Å². The van der Waals surface area contributed by atoms with Gasteiger partial charge in [-0.2, -0.15) is 0 Å². The van der Waals surface area contributed by atoms with Crippen LogP contribution < -0.4 is 4.90 Å². The number of nitrogens with zero attached hydrogens (tertiary/aromatic N) is 2. The predicted octanol–water partition coefficient (Wildman–Crippen LogP) is 6.87. The number of anilines is 1. The van der Waals surface area contributed by atoms with Crippen molar-refractivity contribution in [3.8, 4) is 0 Å². The minimum atomic E-state index is -3.15. The summed E-state index contributed by atoms with van der Waals surface area (Å²) < 4.78 is 25.5. The number of hydrogen-bond acceptors (Lipinski definition) is 4. The van der Waals surface area contributed by atoms with E-state index >= 15 is 0 Å². The Kier molecular flexibility index (Phi) is 7.49. The molecule has 2 saturated heterocycles. The van der Waals surface area contributed by atoms with E-state index in [9.17, 15) is 8.42 Å². The molecule has 2 heterocycles. The largest absolute Gasteiger partial charge is 0.371 e. The Hall–Kier alpha value is -1.85. The summed E-state index contributed by atoms with van der Waals surface area (Å²) in [5, 5.41) is 0. The normalized spacial score (nSPS) is 27.4. The minimum Gasteiger partial charge on any atom is -0.371 e. The molecule has 2 aromatic carbocycles. The third-order valence-electron chi connectivity index (χ3n) is 11.7. The summed E-state index contributed by atoms with van der Waals surface area (Å²) in [4.78, 5) is 5.68. The standard InChI is InChI=1S/C35H48N2O2S/c38-40(39,26-27-7-5-8-27)33-16-14-32(15-17-33)37-24-28(25-37)23-36-21-18-31(19-22-36)35(30-11-2-3-12-30)20-6-10-29-9-1-4-13-34(29)35/h1,4,9,13-17,27-28,30-31H,2-3,5-8,10-12,18-26H2. The van der Waals surface area contributed by atoms with E-state index in [-0.39, 0.29) is 0 Å². The smallest absolute Gasteiger partial charge is 0.178 e. The maximum Gasteiger partial charge on any atom is 0.178 e. The fourth-order valence-electron chi connectivity index (χ4n) is 9.34. The van der Waals surface area contributed by atoms with Gasteiger partial charge in [-0.05, 0) is 124 Å². The van der Waals surface area contributed by atoms with Gasteiger partial charge in [0, 0.05) is 36.7 Å². The van der Waals surface area contributed by atoms with Crippen molar-refractivity contribution in [3.05, 3.63) is 59.7 Å². The number of rotatable bonds is 8. The lowest BCUT2D eigenvalue weighted by molar-refractivity contribution is 0.0648. The van der Waals surface area contributed by atoms with Gasteiger partial charge in [0.1, 0.15) is 0 Å². The zero-order chi connectivity index (χ0) is 27.2. The average molecular weight is 561 g/mol. The Morgan fingerprint density at radius 3 is 2.15 bits per heavy atom. The van der Waals surface area contributed by atoms with Crippen LogP contribution in [0.15, 0.2) is 53.4 Å². The van der Waals surface area contributed by atoms with E-state index in [1.54, 1.807) is 11.1 Å². The Labute approximate surface area is 242 Å². The summed E-state index contributed by atoms with van der Waals surface area (Å²) in [6.45, 7) is 5.90. The molecule has 0 amide bonds. The first kappa shape index (κ1) is 27.0. The van der Waals surface area contributed by atoms with Gasteiger partial charge in [-0.3, -0.25) is 0 Å². The number of sulfone groups is 1.